The lowest BCUT2D eigenvalue weighted by Crippen LogP contribution is -2.44. The Hall–Kier alpha value is -0.340. The number of hydrogen-bond acceptors (Lipinski definition) is 8. The summed E-state index contributed by atoms with van der Waals surface area (Å²) in [6, 6.07) is -1.12. The summed E-state index contributed by atoms with van der Waals surface area (Å²) in [6.07, 6.45) is -3.26. The second-order valence-corrected chi connectivity index (χ2v) is 5.99. The van der Waals surface area contributed by atoms with Crippen molar-refractivity contribution in [2.75, 3.05) is 6.61 Å². The van der Waals surface area contributed by atoms with E-state index in [4.69, 9.17) is 4.55 Å². The molecule has 10 nitrogen and oxygen atoms in total. The van der Waals surface area contributed by atoms with Gasteiger partial charge in [0.2, 0.25) is 0 Å². The Labute approximate surface area is 111 Å². The van der Waals surface area contributed by atoms with Crippen LogP contribution in [0.4, 0.5) is 0 Å². The average molecular weight is 322 g/mol. The third-order valence-corrected chi connectivity index (χ3v) is 3.15. The molecule has 0 aliphatic rings. The van der Waals surface area contributed by atoms with E-state index in [2.05, 4.69) is 4.18 Å². The molecular weight excluding hydrogens is 306 g/mol. The minimum Gasteiger partial charge on any atom is -0.735 e. The van der Waals surface area contributed by atoms with Gasteiger partial charge in [-0.15, -0.1) is 0 Å². The van der Waals surface area contributed by atoms with Gasteiger partial charge >= 0.3 is 10.4 Å². The first-order chi connectivity index (χ1) is 8.44. The van der Waals surface area contributed by atoms with Crippen LogP contribution in [-0.2, 0) is 24.9 Å². The van der Waals surface area contributed by atoms with Gasteiger partial charge in [0.05, 0.1) is 18.8 Å². The Morgan fingerprint density at radius 3 is 2.16 bits per heavy atom. The molecule has 0 saturated carbocycles. The molecule has 0 aromatic rings. The van der Waals surface area contributed by atoms with E-state index in [1.54, 1.807) is 4.72 Å². The fourth-order valence-electron chi connectivity index (χ4n) is 1.29. The number of hydrogen-bond donors (Lipinski definition) is 4. The molecule has 12 heteroatoms. The fraction of sp³-hybridized carbons (Fsp3) is 1.00. The van der Waals surface area contributed by atoms with Crippen molar-refractivity contribution in [3.8, 4) is 0 Å². The van der Waals surface area contributed by atoms with Crippen LogP contribution in [0.25, 0.3) is 0 Å². The molecule has 0 saturated heterocycles. The zero-order valence-corrected chi connectivity index (χ0v) is 11.6. The molecule has 0 radical (unpaired) electrons. The van der Waals surface area contributed by atoms with Crippen LogP contribution in [0.2, 0.25) is 0 Å². The van der Waals surface area contributed by atoms with E-state index in [1.807, 2.05) is 0 Å². The van der Waals surface area contributed by atoms with Crippen LogP contribution >= 0.6 is 0 Å². The maximum Gasteiger partial charge on any atom is 0.397 e. The van der Waals surface area contributed by atoms with E-state index in [0.717, 1.165) is 0 Å². The highest BCUT2D eigenvalue weighted by Gasteiger charge is 2.23. The first-order valence-corrected chi connectivity index (χ1v) is 7.93. The quantitative estimate of drug-likeness (QED) is 0.342. The molecule has 2 unspecified atom stereocenters. The molecule has 19 heavy (non-hydrogen) atoms. The maximum absolute atomic E-state index is 10.5. The standard InChI is InChI=1S/C7H17NO9S2/c1-2-6(8-18(11,12)13)7(10)3-5(9)4-17-19(14,15)16/h5-10H,2-4H2,1H3,(H,11,12,13)(H,14,15,16)/p-1/t5?,6-,7?/m1/s1. The summed E-state index contributed by atoms with van der Waals surface area (Å²) < 4.78 is 65.6. The van der Waals surface area contributed by atoms with Crippen LogP contribution in [0.15, 0.2) is 0 Å². The van der Waals surface area contributed by atoms with Crippen molar-refractivity contribution in [2.45, 2.75) is 38.0 Å². The topological polar surface area (TPSA) is 173 Å². The van der Waals surface area contributed by atoms with Crippen molar-refractivity contribution in [3.63, 3.8) is 0 Å². The van der Waals surface area contributed by atoms with Crippen LogP contribution in [-0.4, -0.2) is 61.0 Å². The van der Waals surface area contributed by atoms with Crippen molar-refractivity contribution in [2.24, 2.45) is 0 Å². The Kier molecular flexibility index (Phi) is 7.31. The lowest BCUT2D eigenvalue weighted by atomic mass is 10.0. The minimum absolute atomic E-state index is 0.0779. The second-order valence-electron chi connectivity index (χ2n) is 3.76. The van der Waals surface area contributed by atoms with Gasteiger partial charge in [-0.2, -0.15) is 8.42 Å². The zero-order chi connectivity index (χ0) is 15.3. The molecule has 0 bridgehead atoms. The summed E-state index contributed by atoms with van der Waals surface area (Å²) in [6.45, 7) is 0.684. The van der Waals surface area contributed by atoms with Gasteiger partial charge in [-0.25, -0.2) is 17.3 Å². The van der Waals surface area contributed by atoms with E-state index in [1.165, 1.54) is 6.92 Å². The number of rotatable bonds is 9. The molecule has 0 aliphatic heterocycles. The maximum atomic E-state index is 10.5. The first-order valence-electron chi connectivity index (χ1n) is 5.15. The zero-order valence-electron chi connectivity index (χ0n) is 9.96. The summed E-state index contributed by atoms with van der Waals surface area (Å²) in [7, 11) is -9.47. The number of nitrogens with one attached hydrogen (secondary N) is 1. The molecule has 0 heterocycles. The molecule has 0 amide bonds. The summed E-state index contributed by atoms with van der Waals surface area (Å²) in [5, 5.41) is 18.9. The van der Waals surface area contributed by atoms with Crippen LogP contribution in [0.3, 0.4) is 0 Å². The van der Waals surface area contributed by atoms with Gasteiger partial charge in [0.15, 0.2) is 10.3 Å². The average Bonchev–Trinajstić information content (AvgIpc) is 2.20. The van der Waals surface area contributed by atoms with Crippen LogP contribution < -0.4 is 4.72 Å². The smallest absolute Gasteiger partial charge is 0.397 e. The molecule has 0 fully saturated rings. The summed E-state index contributed by atoms with van der Waals surface area (Å²) >= 11 is 0. The predicted molar refractivity (Wildman–Crippen MR) is 61.0 cm³/mol. The normalized spacial score (nSPS) is 17.9. The molecule has 3 atom stereocenters. The minimum atomic E-state index is -4.76. The molecule has 4 N–H and O–H groups in total. The van der Waals surface area contributed by atoms with Gasteiger partial charge in [-0.3, -0.25) is 4.55 Å². The third-order valence-electron chi connectivity index (χ3n) is 2.12. The Balaban J connectivity index is 4.36. The molecule has 0 aromatic heterocycles. The Morgan fingerprint density at radius 2 is 1.79 bits per heavy atom. The van der Waals surface area contributed by atoms with Gasteiger partial charge in [0.25, 0.3) is 0 Å². The van der Waals surface area contributed by atoms with Gasteiger partial charge in [-0.05, 0) is 6.42 Å². The number of aliphatic hydroxyl groups excluding tert-OH is 2. The van der Waals surface area contributed by atoms with Crippen molar-refractivity contribution in [3.05, 3.63) is 0 Å². The van der Waals surface area contributed by atoms with Crippen molar-refractivity contribution in [1.29, 1.82) is 0 Å². The van der Waals surface area contributed by atoms with Crippen LogP contribution in [0.1, 0.15) is 19.8 Å². The van der Waals surface area contributed by atoms with E-state index in [0.29, 0.717) is 0 Å². The molecule has 0 spiro atoms. The lowest BCUT2D eigenvalue weighted by Gasteiger charge is -2.25. The highest BCUT2D eigenvalue weighted by molar-refractivity contribution is 7.83. The lowest BCUT2D eigenvalue weighted by molar-refractivity contribution is 0.0340. The van der Waals surface area contributed by atoms with Crippen molar-refractivity contribution < 1.29 is 40.3 Å². The molecular formula is C7H16NO9S2-. The second kappa shape index (κ2) is 7.44. The molecule has 116 valence electrons. The Morgan fingerprint density at radius 1 is 1.26 bits per heavy atom. The highest BCUT2D eigenvalue weighted by atomic mass is 32.3. The summed E-state index contributed by atoms with van der Waals surface area (Å²) in [4.78, 5) is 0. The van der Waals surface area contributed by atoms with Crippen molar-refractivity contribution >= 4 is 20.7 Å². The van der Waals surface area contributed by atoms with Gasteiger partial charge in [0.1, 0.15) is 0 Å². The molecule has 0 aliphatic carbocycles. The Bertz CT molecular complexity index is 459. The van der Waals surface area contributed by atoms with Gasteiger partial charge in [-0.1, -0.05) is 6.92 Å². The van der Waals surface area contributed by atoms with E-state index in [9.17, 15) is 31.6 Å². The van der Waals surface area contributed by atoms with Gasteiger partial charge in [0, 0.05) is 12.5 Å². The third kappa shape index (κ3) is 10.1. The summed E-state index contributed by atoms with van der Waals surface area (Å²) in [5.41, 5.74) is 0. The molecule has 0 rings (SSSR count). The van der Waals surface area contributed by atoms with Crippen LogP contribution in [0.5, 0.6) is 0 Å². The van der Waals surface area contributed by atoms with E-state index in [-0.39, 0.29) is 6.42 Å². The van der Waals surface area contributed by atoms with Crippen molar-refractivity contribution in [1.82, 2.24) is 4.72 Å². The molecule has 0 aromatic carbocycles. The predicted octanol–water partition coefficient (Wildman–Crippen LogP) is -2.25. The van der Waals surface area contributed by atoms with Crippen LogP contribution in [0, 0.1) is 0 Å². The monoisotopic (exact) mass is 322 g/mol. The van der Waals surface area contributed by atoms with E-state index >= 15 is 0 Å². The highest BCUT2D eigenvalue weighted by Crippen LogP contribution is 2.08. The fourth-order valence-corrected chi connectivity index (χ4v) is 2.32. The SMILES string of the molecule is CC[C@@H](NS(=O)(=O)[O-])C(O)CC(O)COS(=O)(=O)O. The largest absolute Gasteiger partial charge is 0.735 e. The van der Waals surface area contributed by atoms with E-state index < -0.39 is 52.0 Å². The van der Waals surface area contributed by atoms with Gasteiger partial charge < -0.3 is 14.8 Å². The number of aliphatic hydroxyl groups is 2. The summed E-state index contributed by atoms with van der Waals surface area (Å²) in [5.74, 6) is 0. The first kappa shape index (κ1) is 18.7.